The number of hydrogen-bond donors (Lipinski definition) is 0. The third-order valence-electron chi connectivity index (χ3n) is 6.65. The molecule has 1 fully saturated rings. The van der Waals surface area contributed by atoms with Crippen LogP contribution >= 0.6 is 11.8 Å². The lowest BCUT2D eigenvalue weighted by Crippen LogP contribution is -2.31. The first-order valence-electron chi connectivity index (χ1n) is 11.4. The van der Waals surface area contributed by atoms with Crippen molar-refractivity contribution in [2.75, 3.05) is 13.2 Å². The number of nitrogens with zero attached hydrogens (tertiary/aromatic N) is 4. The van der Waals surface area contributed by atoms with E-state index in [4.69, 9.17) is 4.74 Å². The standard InChI is InChI=1S/C28H24N4OS/c1-2-28(13-16-33-17-14-28)21-6-5-7-22(19-21)34-23-10-11-25-20(18-23)9-12-26-30-31-27(32(25)26)24-8-3-4-15-29-24/h2-12,15,18-19H,1,13-14,16-17H2. The summed E-state index contributed by atoms with van der Waals surface area (Å²) in [6, 6.07) is 25.3. The van der Waals surface area contributed by atoms with Crippen LogP contribution in [-0.2, 0) is 10.2 Å². The summed E-state index contributed by atoms with van der Waals surface area (Å²) < 4.78 is 7.68. The van der Waals surface area contributed by atoms with Gasteiger partial charge in [0.05, 0.1) is 5.52 Å². The van der Waals surface area contributed by atoms with Crippen molar-refractivity contribution < 1.29 is 4.74 Å². The summed E-state index contributed by atoms with van der Waals surface area (Å²) in [6.45, 7) is 5.72. The van der Waals surface area contributed by atoms with Gasteiger partial charge in [0, 0.05) is 34.6 Å². The Labute approximate surface area is 202 Å². The van der Waals surface area contributed by atoms with Gasteiger partial charge >= 0.3 is 0 Å². The molecule has 0 aliphatic carbocycles. The molecule has 1 saturated heterocycles. The predicted octanol–water partition coefficient (Wildman–Crippen LogP) is 6.33. The molecule has 1 aliphatic rings. The SMILES string of the molecule is C=CC1(c2cccc(Sc3ccc4c(ccc5nnc(-c6ccccn6)n54)c3)c2)CCOCC1. The maximum atomic E-state index is 5.61. The molecule has 34 heavy (non-hydrogen) atoms. The van der Waals surface area contributed by atoms with Gasteiger partial charge < -0.3 is 4.74 Å². The van der Waals surface area contributed by atoms with Crippen molar-refractivity contribution in [3.8, 4) is 11.5 Å². The van der Waals surface area contributed by atoms with Crippen LogP contribution in [0, 0.1) is 0 Å². The van der Waals surface area contributed by atoms with Crippen LogP contribution in [0.3, 0.4) is 0 Å². The molecule has 0 bridgehead atoms. The van der Waals surface area contributed by atoms with E-state index < -0.39 is 0 Å². The zero-order chi connectivity index (χ0) is 23.0. The maximum Gasteiger partial charge on any atom is 0.187 e. The molecule has 5 aromatic rings. The number of pyridine rings is 2. The Morgan fingerprint density at radius 1 is 0.912 bits per heavy atom. The molecule has 6 rings (SSSR count). The molecule has 0 amide bonds. The predicted molar refractivity (Wildman–Crippen MR) is 136 cm³/mol. The summed E-state index contributed by atoms with van der Waals surface area (Å²) in [4.78, 5) is 6.89. The third-order valence-corrected chi connectivity index (χ3v) is 7.63. The van der Waals surface area contributed by atoms with Crippen LogP contribution in [0.15, 0.2) is 101 Å². The van der Waals surface area contributed by atoms with E-state index in [1.807, 2.05) is 24.3 Å². The van der Waals surface area contributed by atoms with Gasteiger partial charge in [0.2, 0.25) is 0 Å². The van der Waals surface area contributed by atoms with Crippen molar-refractivity contribution in [3.63, 3.8) is 0 Å². The van der Waals surface area contributed by atoms with E-state index in [2.05, 4.69) is 80.8 Å². The van der Waals surface area contributed by atoms with Crippen molar-refractivity contribution >= 4 is 28.3 Å². The van der Waals surface area contributed by atoms with Gasteiger partial charge in [0.1, 0.15) is 5.69 Å². The minimum absolute atomic E-state index is 0.000107. The number of ether oxygens (including phenoxy) is 1. The lowest BCUT2D eigenvalue weighted by atomic mass is 9.74. The molecule has 6 heteroatoms. The minimum atomic E-state index is 0.000107. The molecule has 4 heterocycles. The lowest BCUT2D eigenvalue weighted by molar-refractivity contribution is 0.0654. The van der Waals surface area contributed by atoms with E-state index in [0.717, 1.165) is 54.1 Å². The summed E-state index contributed by atoms with van der Waals surface area (Å²) in [7, 11) is 0. The highest BCUT2D eigenvalue weighted by molar-refractivity contribution is 7.99. The van der Waals surface area contributed by atoms with Crippen LogP contribution in [0.25, 0.3) is 28.1 Å². The van der Waals surface area contributed by atoms with Crippen molar-refractivity contribution in [1.82, 2.24) is 19.6 Å². The Hall–Kier alpha value is -3.48. The van der Waals surface area contributed by atoms with Gasteiger partial charge in [0.15, 0.2) is 11.5 Å². The molecule has 0 saturated carbocycles. The molecule has 0 spiro atoms. The van der Waals surface area contributed by atoms with Crippen LogP contribution < -0.4 is 0 Å². The first kappa shape index (κ1) is 21.1. The van der Waals surface area contributed by atoms with E-state index in [-0.39, 0.29) is 5.41 Å². The Kier molecular flexibility index (Phi) is 5.40. The molecule has 3 aromatic heterocycles. The molecule has 0 N–H and O–H groups in total. The Morgan fingerprint density at radius 3 is 2.62 bits per heavy atom. The van der Waals surface area contributed by atoms with Gasteiger partial charge in [-0.15, -0.1) is 16.8 Å². The summed E-state index contributed by atoms with van der Waals surface area (Å²) in [5.74, 6) is 0.750. The average Bonchev–Trinajstić information content (AvgIpc) is 3.34. The second-order valence-electron chi connectivity index (χ2n) is 8.59. The monoisotopic (exact) mass is 464 g/mol. The van der Waals surface area contributed by atoms with E-state index in [1.165, 1.54) is 15.4 Å². The topological polar surface area (TPSA) is 52.3 Å². The quantitative estimate of drug-likeness (QED) is 0.285. The molecule has 0 atom stereocenters. The first-order chi connectivity index (χ1) is 16.8. The second-order valence-corrected chi connectivity index (χ2v) is 9.74. The number of rotatable bonds is 5. The molecule has 1 aliphatic heterocycles. The highest BCUT2D eigenvalue weighted by atomic mass is 32.2. The van der Waals surface area contributed by atoms with Crippen molar-refractivity contribution in [3.05, 3.63) is 97.2 Å². The highest BCUT2D eigenvalue weighted by Crippen LogP contribution is 2.39. The number of allylic oxidation sites excluding steroid dienone is 1. The summed E-state index contributed by atoms with van der Waals surface area (Å²) >= 11 is 1.78. The summed E-state index contributed by atoms with van der Waals surface area (Å²) in [6.07, 6.45) is 5.85. The Bertz CT molecular complexity index is 1490. The fraction of sp³-hybridized carbons (Fsp3) is 0.179. The summed E-state index contributed by atoms with van der Waals surface area (Å²) in [5, 5.41) is 9.89. The van der Waals surface area contributed by atoms with Crippen LogP contribution in [0.4, 0.5) is 0 Å². The molecule has 2 aromatic carbocycles. The summed E-state index contributed by atoms with van der Waals surface area (Å²) in [5.41, 5.74) is 4.01. The molecule has 168 valence electrons. The number of benzene rings is 2. The molecular weight excluding hydrogens is 440 g/mol. The van der Waals surface area contributed by atoms with Crippen molar-refractivity contribution in [1.29, 1.82) is 0 Å². The van der Waals surface area contributed by atoms with Gasteiger partial charge in [-0.05, 0) is 78.4 Å². The van der Waals surface area contributed by atoms with E-state index in [0.29, 0.717) is 0 Å². The van der Waals surface area contributed by atoms with Crippen LogP contribution in [-0.4, -0.2) is 32.8 Å². The van der Waals surface area contributed by atoms with E-state index in [9.17, 15) is 0 Å². The first-order valence-corrected chi connectivity index (χ1v) is 12.3. The minimum Gasteiger partial charge on any atom is -0.381 e. The van der Waals surface area contributed by atoms with Gasteiger partial charge in [-0.2, -0.15) is 0 Å². The van der Waals surface area contributed by atoms with Gasteiger partial charge in [-0.1, -0.05) is 36.0 Å². The molecule has 0 unspecified atom stereocenters. The highest BCUT2D eigenvalue weighted by Gasteiger charge is 2.31. The molecule has 5 nitrogen and oxygen atoms in total. The molecular formula is C28H24N4OS. The largest absolute Gasteiger partial charge is 0.381 e. The fourth-order valence-corrected chi connectivity index (χ4v) is 5.68. The average molecular weight is 465 g/mol. The van der Waals surface area contributed by atoms with E-state index >= 15 is 0 Å². The van der Waals surface area contributed by atoms with Crippen molar-refractivity contribution in [2.24, 2.45) is 0 Å². The maximum absolute atomic E-state index is 5.61. The van der Waals surface area contributed by atoms with Crippen LogP contribution in [0.1, 0.15) is 18.4 Å². The zero-order valence-electron chi connectivity index (χ0n) is 18.7. The van der Waals surface area contributed by atoms with Crippen molar-refractivity contribution in [2.45, 2.75) is 28.0 Å². The van der Waals surface area contributed by atoms with Crippen LogP contribution in [0.5, 0.6) is 0 Å². The number of hydrogen-bond acceptors (Lipinski definition) is 5. The Balaban J connectivity index is 1.36. The normalized spacial score (nSPS) is 15.5. The lowest BCUT2D eigenvalue weighted by Gasteiger charge is -2.35. The molecule has 0 radical (unpaired) electrons. The van der Waals surface area contributed by atoms with Gasteiger partial charge in [0.25, 0.3) is 0 Å². The smallest absolute Gasteiger partial charge is 0.187 e. The zero-order valence-corrected chi connectivity index (χ0v) is 19.5. The van der Waals surface area contributed by atoms with Crippen LogP contribution in [0.2, 0.25) is 0 Å². The van der Waals surface area contributed by atoms with Gasteiger partial charge in [-0.3, -0.25) is 9.38 Å². The van der Waals surface area contributed by atoms with E-state index in [1.54, 1.807) is 18.0 Å². The second kappa shape index (κ2) is 8.70. The number of fused-ring (bicyclic) bond motifs is 3. The van der Waals surface area contributed by atoms with Gasteiger partial charge in [-0.25, -0.2) is 0 Å². The number of aromatic nitrogens is 4. The third kappa shape index (κ3) is 3.69. The fourth-order valence-electron chi connectivity index (χ4n) is 4.75. The Morgan fingerprint density at radius 2 is 1.79 bits per heavy atom.